The molecule has 2 aromatic carbocycles. The molecule has 7 heteroatoms. The molecule has 0 spiro atoms. The zero-order chi connectivity index (χ0) is 25.9. The van der Waals surface area contributed by atoms with Gasteiger partial charge in [-0.15, -0.1) is 0 Å². The fraction of sp³-hybridized carbons (Fsp3) is 0.379. The number of carbonyl (C=O) groups is 2. The van der Waals surface area contributed by atoms with E-state index < -0.39 is 5.60 Å². The van der Waals surface area contributed by atoms with Crippen LogP contribution in [0.5, 0.6) is 5.75 Å². The molecule has 0 atom stereocenters. The van der Waals surface area contributed by atoms with Gasteiger partial charge in [-0.2, -0.15) is 0 Å². The van der Waals surface area contributed by atoms with Crippen molar-refractivity contribution in [2.45, 2.75) is 40.2 Å². The van der Waals surface area contributed by atoms with Gasteiger partial charge in [-0.25, -0.2) is 4.79 Å². The number of rotatable bonds is 5. The summed E-state index contributed by atoms with van der Waals surface area (Å²) in [5, 5.41) is 0.964. The van der Waals surface area contributed by atoms with Crippen molar-refractivity contribution in [3.63, 3.8) is 0 Å². The maximum atomic E-state index is 13.1. The first kappa shape index (κ1) is 25.4. The van der Waals surface area contributed by atoms with E-state index >= 15 is 0 Å². The molecule has 0 unspecified atom stereocenters. The second kappa shape index (κ2) is 10.5. The van der Waals surface area contributed by atoms with Gasteiger partial charge in [0.2, 0.25) is 5.91 Å². The van der Waals surface area contributed by atoms with Crippen molar-refractivity contribution in [3.8, 4) is 16.9 Å². The minimum Gasteiger partial charge on any atom is -0.493 e. The normalized spacial score (nSPS) is 14.8. The number of hydrogen-bond donors (Lipinski definition) is 0. The molecule has 3 aromatic rings. The standard InChI is InChI=1S/C29H34N2O5/c1-6-34-25-18-26-23(24(19-35-26)21-10-8-7-9-11-21)17-22(25)20(2)16-27(32)30-12-14-31(15-13-30)28(33)36-29(3,4)5/h7-11,16-19H,6,12-15H2,1-5H3/b20-16+. The molecule has 190 valence electrons. The van der Waals surface area contributed by atoms with Gasteiger partial charge in [0.1, 0.15) is 16.9 Å². The number of fused-ring (bicyclic) bond motifs is 1. The van der Waals surface area contributed by atoms with E-state index in [1.165, 1.54) is 0 Å². The molecule has 7 nitrogen and oxygen atoms in total. The van der Waals surface area contributed by atoms with E-state index in [1.54, 1.807) is 22.1 Å². The number of carbonyl (C=O) groups excluding carboxylic acids is 2. The third-order valence-corrected chi connectivity index (χ3v) is 6.07. The Balaban J connectivity index is 1.55. The summed E-state index contributed by atoms with van der Waals surface area (Å²) in [6, 6.07) is 14.0. The highest BCUT2D eigenvalue weighted by atomic mass is 16.6. The van der Waals surface area contributed by atoms with E-state index in [1.807, 2.05) is 77.1 Å². The van der Waals surface area contributed by atoms with E-state index in [0.29, 0.717) is 38.5 Å². The van der Waals surface area contributed by atoms with E-state index in [9.17, 15) is 9.59 Å². The molecule has 4 rings (SSSR count). The van der Waals surface area contributed by atoms with Crippen LogP contribution in [0.3, 0.4) is 0 Å². The summed E-state index contributed by atoms with van der Waals surface area (Å²) in [6.45, 7) is 11.7. The zero-order valence-electron chi connectivity index (χ0n) is 21.7. The molecule has 1 aliphatic heterocycles. The highest BCUT2D eigenvalue weighted by molar-refractivity contribution is 6.00. The van der Waals surface area contributed by atoms with Crippen LogP contribution in [0.4, 0.5) is 4.79 Å². The predicted molar refractivity (Wildman–Crippen MR) is 141 cm³/mol. The molecule has 1 fully saturated rings. The summed E-state index contributed by atoms with van der Waals surface area (Å²) in [5.41, 5.74) is 3.90. The molecule has 1 aliphatic rings. The maximum absolute atomic E-state index is 13.1. The summed E-state index contributed by atoms with van der Waals surface area (Å²) < 4.78 is 17.2. The van der Waals surface area contributed by atoms with Crippen LogP contribution in [0.15, 0.2) is 59.2 Å². The molecule has 0 N–H and O–H groups in total. The molecule has 36 heavy (non-hydrogen) atoms. The third kappa shape index (κ3) is 5.73. The molecular weight excluding hydrogens is 456 g/mol. The van der Waals surface area contributed by atoms with Crippen LogP contribution in [0.2, 0.25) is 0 Å². The van der Waals surface area contributed by atoms with Gasteiger partial charge in [0, 0.05) is 54.8 Å². The molecule has 0 aliphatic carbocycles. The first-order valence-corrected chi connectivity index (χ1v) is 12.3. The SMILES string of the molecule is CCOc1cc2occ(-c3ccccc3)c2cc1/C(C)=C/C(=O)N1CCN(C(=O)OC(C)(C)C)CC1. The molecule has 2 heterocycles. The number of hydrogen-bond acceptors (Lipinski definition) is 5. The van der Waals surface area contributed by atoms with Crippen LogP contribution in [0.25, 0.3) is 27.7 Å². The van der Waals surface area contributed by atoms with Gasteiger partial charge >= 0.3 is 6.09 Å². The second-order valence-corrected chi connectivity index (χ2v) is 9.91. The second-order valence-electron chi connectivity index (χ2n) is 9.91. The van der Waals surface area contributed by atoms with Gasteiger partial charge < -0.3 is 23.7 Å². The lowest BCUT2D eigenvalue weighted by atomic mass is 9.99. The summed E-state index contributed by atoms with van der Waals surface area (Å²) >= 11 is 0. The quantitative estimate of drug-likeness (QED) is 0.411. The van der Waals surface area contributed by atoms with Gasteiger partial charge in [-0.1, -0.05) is 30.3 Å². The molecule has 0 saturated carbocycles. The van der Waals surface area contributed by atoms with Crippen LogP contribution in [0, 0.1) is 0 Å². The molecule has 2 amide bonds. The first-order chi connectivity index (χ1) is 17.2. The van der Waals surface area contributed by atoms with E-state index in [2.05, 4.69) is 0 Å². The lowest BCUT2D eigenvalue weighted by molar-refractivity contribution is -0.127. The Hall–Kier alpha value is -3.74. The number of amides is 2. The third-order valence-electron chi connectivity index (χ3n) is 6.07. The maximum Gasteiger partial charge on any atom is 0.410 e. The van der Waals surface area contributed by atoms with E-state index in [4.69, 9.17) is 13.9 Å². The minimum atomic E-state index is -0.543. The highest BCUT2D eigenvalue weighted by Crippen LogP contribution is 2.37. The lowest BCUT2D eigenvalue weighted by Crippen LogP contribution is -2.51. The van der Waals surface area contributed by atoms with Crippen molar-refractivity contribution in [3.05, 3.63) is 60.4 Å². The molecule has 0 radical (unpaired) electrons. The number of piperazine rings is 1. The van der Waals surface area contributed by atoms with Crippen molar-refractivity contribution in [1.82, 2.24) is 9.80 Å². The summed E-state index contributed by atoms with van der Waals surface area (Å²) in [7, 11) is 0. The van der Waals surface area contributed by atoms with E-state index in [-0.39, 0.29) is 12.0 Å². The Kier molecular flexibility index (Phi) is 7.38. The van der Waals surface area contributed by atoms with Crippen molar-refractivity contribution in [1.29, 1.82) is 0 Å². The highest BCUT2D eigenvalue weighted by Gasteiger charge is 2.27. The van der Waals surface area contributed by atoms with Gasteiger partial charge in [0.15, 0.2) is 0 Å². The van der Waals surface area contributed by atoms with Crippen molar-refractivity contribution >= 4 is 28.5 Å². The van der Waals surface area contributed by atoms with Gasteiger partial charge in [0.05, 0.1) is 12.9 Å². The van der Waals surface area contributed by atoms with Gasteiger partial charge in [-0.05, 0) is 51.8 Å². The minimum absolute atomic E-state index is 0.0886. The van der Waals surface area contributed by atoms with Crippen molar-refractivity contribution in [2.24, 2.45) is 0 Å². The van der Waals surface area contributed by atoms with Crippen LogP contribution in [-0.2, 0) is 9.53 Å². The first-order valence-electron chi connectivity index (χ1n) is 12.3. The van der Waals surface area contributed by atoms with Crippen LogP contribution in [0.1, 0.15) is 40.2 Å². The Morgan fingerprint density at radius 3 is 2.33 bits per heavy atom. The molecular formula is C29H34N2O5. The Labute approximate surface area is 212 Å². The number of nitrogens with zero attached hydrogens (tertiary/aromatic N) is 2. The van der Waals surface area contributed by atoms with Crippen molar-refractivity contribution in [2.75, 3.05) is 32.8 Å². The van der Waals surface area contributed by atoms with Crippen LogP contribution < -0.4 is 4.74 Å². The predicted octanol–water partition coefficient (Wildman–Crippen LogP) is 5.98. The fourth-order valence-corrected chi connectivity index (χ4v) is 4.27. The molecule has 0 bridgehead atoms. The Morgan fingerprint density at radius 1 is 1.03 bits per heavy atom. The number of furan rings is 1. The fourth-order valence-electron chi connectivity index (χ4n) is 4.27. The van der Waals surface area contributed by atoms with Crippen LogP contribution in [-0.4, -0.2) is 60.2 Å². The van der Waals surface area contributed by atoms with Gasteiger partial charge in [-0.3, -0.25) is 4.79 Å². The average Bonchev–Trinajstić information content (AvgIpc) is 3.26. The number of benzene rings is 2. The smallest absolute Gasteiger partial charge is 0.410 e. The summed E-state index contributed by atoms with van der Waals surface area (Å²) in [5.74, 6) is 0.588. The van der Waals surface area contributed by atoms with E-state index in [0.717, 1.165) is 33.2 Å². The topological polar surface area (TPSA) is 72.2 Å². The summed E-state index contributed by atoms with van der Waals surface area (Å²) in [6.07, 6.45) is 3.06. The summed E-state index contributed by atoms with van der Waals surface area (Å²) in [4.78, 5) is 28.9. The molecule has 1 saturated heterocycles. The lowest BCUT2D eigenvalue weighted by Gasteiger charge is -2.35. The van der Waals surface area contributed by atoms with Crippen LogP contribution >= 0.6 is 0 Å². The molecule has 1 aromatic heterocycles. The Morgan fingerprint density at radius 2 is 1.69 bits per heavy atom. The zero-order valence-corrected chi connectivity index (χ0v) is 21.7. The largest absolute Gasteiger partial charge is 0.493 e. The average molecular weight is 491 g/mol. The Bertz CT molecular complexity index is 1260. The monoisotopic (exact) mass is 490 g/mol. The van der Waals surface area contributed by atoms with Crippen molar-refractivity contribution < 1.29 is 23.5 Å². The number of allylic oxidation sites excluding steroid dienone is 1. The van der Waals surface area contributed by atoms with Gasteiger partial charge in [0.25, 0.3) is 0 Å². The number of ether oxygens (including phenoxy) is 2.